The number of rotatable bonds is 23. The molecule has 0 aliphatic heterocycles. The number of carboxylic acid groups (broad SMARTS) is 2. The number of aliphatic carboxylic acids is 2. The molecule has 27 heteroatoms. The molecule has 0 unspecified atom stereocenters. The van der Waals surface area contributed by atoms with Crippen molar-refractivity contribution in [2.75, 3.05) is 83.3 Å². The minimum atomic E-state index is -5.58. The van der Waals surface area contributed by atoms with E-state index in [9.17, 15) is 74.3 Å². The molecule has 0 aromatic rings. The zero-order chi connectivity index (χ0) is 44.1. The van der Waals surface area contributed by atoms with Crippen LogP contribution in [-0.4, -0.2) is 157 Å². The maximum absolute atomic E-state index is 12.4. The SMILES string of the molecule is CN(C)CCCCS(=O)(=O)CCCOC(C(F)(F)F)C(F)(F)F.C[N+](C)(CCCCS(=O)(=O)CCCCC(C(F)(F)F)C(F)(F)F)CC(=O)O.O=C([O-])CCl.[Na+]. The van der Waals surface area contributed by atoms with Crippen LogP contribution in [0.1, 0.15) is 51.4 Å². The van der Waals surface area contributed by atoms with Crippen molar-refractivity contribution in [3.63, 3.8) is 0 Å². The van der Waals surface area contributed by atoms with Gasteiger partial charge in [-0.1, -0.05) is 6.42 Å². The molecule has 1 N–H and O–H groups in total. The van der Waals surface area contributed by atoms with Gasteiger partial charge in [0.15, 0.2) is 12.5 Å². The molecule has 0 rings (SSSR count). The predicted molar refractivity (Wildman–Crippen MR) is 175 cm³/mol. The zero-order valence-corrected chi connectivity index (χ0v) is 35.9. The van der Waals surface area contributed by atoms with Gasteiger partial charge in [0, 0.05) is 6.61 Å². The molecule has 0 atom stereocenters. The van der Waals surface area contributed by atoms with Crippen molar-refractivity contribution in [1.29, 1.82) is 0 Å². The van der Waals surface area contributed by atoms with E-state index < -0.39 is 112 Å². The van der Waals surface area contributed by atoms with Crippen LogP contribution in [0, 0.1) is 5.92 Å². The summed E-state index contributed by atoms with van der Waals surface area (Å²) < 4.78 is 198. The van der Waals surface area contributed by atoms with Crippen molar-refractivity contribution in [2.24, 2.45) is 5.92 Å². The average molecular weight is 920 g/mol. The third-order valence-corrected chi connectivity index (χ3v) is 10.8. The number of hydrogen-bond donors (Lipinski definition) is 1. The van der Waals surface area contributed by atoms with E-state index in [4.69, 9.17) is 15.0 Å². The number of carbonyl (C=O) groups excluding carboxylic acids is 1. The Morgan fingerprint density at radius 1 is 0.714 bits per heavy atom. The van der Waals surface area contributed by atoms with Crippen molar-refractivity contribution < 1.29 is 128 Å². The molecule has 0 aliphatic carbocycles. The van der Waals surface area contributed by atoms with Crippen molar-refractivity contribution in [2.45, 2.75) is 82.2 Å². The summed E-state index contributed by atoms with van der Waals surface area (Å²) in [4.78, 5) is 21.7. The molecule has 0 saturated carbocycles. The van der Waals surface area contributed by atoms with Crippen molar-refractivity contribution in [1.82, 2.24) is 4.90 Å². The molecule has 0 bridgehead atoms. The first-order chi connectivity index (χ1) is 24.5. The largest absolute Gasteiger partial charge is 1.00 e. The Bertz CT molecular complexity index is 1290. The maximum atomic E-state index is 12.4. The summed E-state index contributed by atoms with van der Waals surface area (Å²) in [5, 5.41) is 17.9. The summed E-state index contributed by atoms with van der Waals surface area (Å²) in [6, 6.07) is 0. The summed E-state index contributed by atoms with van der Waals surface area (Å²) in [5.74, 6) is -7.43. The Labute approximate surface area is 346 Å². The van der Waals surface area contributed by atoms with Gasteiger partial charge in [-0.15, -0.1) is 11.6 Å². The van der Waals surface area contributed by atoms with Crippen LogP contribution in [0.15, 0.2) is 0 Å². The number of quaternary nitrogens is 1. The van der Waals surface area contributed by atoms with E-state index in [0.29, 0.717) is 32.4 Å². The Balaban J connectivity index is -0.000000427. The Hall–Kier alpha value is -0.830. The van der Waals surface area contributed by atoms with Crippen LogP contribution < -0.4 is 34.7 Å². The molecule has 0 spiro atoms. The van der Waals surface area contributed by atoms with Crippen LogP contribution in [0.2, 0.25) is 0 Å². The number of sulfone groups is 2. The van der Waals surface area contributed by atoms with E-state index >= 15 is 0 Å². The number of carboxylic acids is 2. The van der Waals surface area contributed by atoms with Gasteiger partial charge in [0.05, 0.1) is 55.5 Å². The number of halogens is 13. The summed E-state index contributed by atoms with van der Waals surface area (Å²) in [7, 11) is -0.0787. The Morgan fingerprint density at radius 3 is 1.43 bits per heavy atom. The Kier molecular flexibility index (Phi) is 30.7. The zero-order valence-electron chi connectivity index (χ0n) is 31.5. The maximum Gasteiger partial charge on any atom is 1.00 e. The summed E-state index contributed by atoms with van der Waals surface area (Å²) in [6.07, 6.45) is -26.5. The van der Waals surface area contributed by atoms with Gasteiger partial charge in [0.2, 0.25) is 6.10 Å². The number of carbonyl (C=O) groups is 2. The van der Waals surface area contributed by atoms with E-state index in [1.54, 1.807) is 14.1 Å². The third kappa shape index (κ3) is 36.3. The van der Waals surface area contributed by atoms with Crippen LogP contribution in [0.4, 0.5) is 52.7 Å². The fourth-order valence-electron chi connectivity index (χ4n) is 4.30. The van der Waals surface area contributed by atoms with Crippen LogP contribution in [0.25, 0.3) is 0 Å². The molecule has 0 radical (unpaired) electrons. The second-order valence-corrected chi connectivity index (χ2v) is 17.9. The average Bonchev–Trinajstić information content (AvgIpc) is 2.94. The van der Waals surface area contributed by atoms with E-state index in [1.165, 1.54) is 0 Å². The quantitative estimate of drug-likeness (QED) is 0.0528. The smallest absolute Gasteiger partial charge is 0.549 e. The standard InChI is InChI=1S/C15H25F6NO4S.C12H21F6NO3S.C2H3ClO2.Na/c1-22(2,11-13(23)24)8-4-6-10-27(25,26)9-5-3-7-12(14(16,17)18)15(19,20)21;1-19(2)6-3-4-8-23(20,21)9-5-7-22-10(11(13,14)15)12(16,17)18;3-1-2(4)5;/h12H,3-11H2,1-2H3;10H,3-9H2,1-2H3;1H2,(H,4,5);/q;;;+1. The third-order valence-electron chi connectivity index (χ3n) is 6.92. The van der Waals surface area contributed by atoms with Crippen LogP contribution in [0.3, 0.4) is 0 Å². The molecule has 0 fully saturated rings. The number of unbranched alkanes of at least 4 members (excludes halogenated alkanes) is 3. The van der Waals surface area contributed by atoms with Crippen molar-refractivity contribution >= 4 is 43.2 Å². The van der Waals surface area contributed by atoms with E-state index in [0.717, 1.165) is 0 Å². The number of likely N-dealkylation sites (N-methyl/N-ethyl adjacent to an activating group) is 1. The second-order valence-electron chi connectivity index (χ2n) is 13.1. The summed E-state index contributed by atoms with van der Waals surface area (Å²) in [5.41, 5.74) is 0. The first-order valence-electron chi connectivity index (χ1n) is 16.2. The number of hydrogen-bond acceptors (Lipinski definition) is 9. The molecule has 0 aromatic carbocycles. The molecule has 0 aliphatic rings. The van der Waals surface area contributed by atoms with E-state index in [1.807, 2.05) is 19.0 Å². The van der Waals surface area contributed by atoms with Gasteiger partial charge in [0.25, 0.3) is 0 Å². The van der Waals surface area contributed by atoms with Gasteiger partial charge in [-0.3, -0.25) is 0 Å². The molecule has 0 amide bonds. The summed E-state index contributed by atoms with van der Waals surface area (Å²) >= 11 is 4.67. The van der Waals surface area contributed by atoms with Gasteiger partial charge in [-0.25, -0.2) is 21.6 Å². The normalized spacial score (nSPS) is 13.1. The molecule has 0 saturated heterocycles. The molecule has 0 aromatic heterocycles. The van der Waals surface area contributed by atoms with E-state index in [-0.39, 0.29) is 64.9 Å². The summed E-state index contributed by atoms with van der Waals surface area (Å²) in [6.45, 7) is 0.0745. The van der Waals surface area contributed by atoms with Gasteiger partial charge in [0.1, 0.15) is 19.7 Å². The number of ether oxygens (including phenoxy) is 1. The molecule has 56 heavy (non-hydrogen) atoms. The molecular weight excluding hydrogens is 871 g/mol. The molecular formula is C29H49ClF12N2NaO9S2+. The van der Waals surface area contributed by atoms with Gasteiger partial charge in [-0.05, 0) is 65.6 Å². The van der Waals surface area contributed by atoms with Crippen LogP contribution >= 0.6 is 11.6 Å². The van der Waals surface area contributed by atoms with E-state index in [2.05, 4.69) is 16.3 Å². The van der Waals surface area contributed by atoms with Gasteiger partial charge in [-0.2, -0.15) is 52.7 Å². The molecule has 11 nitrogen and oxygen atoms in total. The predicted octanol–water partition coefficient (Wildman–Crippen LogP) is 1.88. The van der Waals surface area contributed by atoms with Gasteiger partial charge < -0.3 is 29.1 Å². The van der Waals surface area contributed by atoms with Crippen LogP contribution in [-0.2, 0) is 34.0 Å². The van der Waals surface area contributed by atoms with Crippen molar-refractivity contribution in [3.05, 3.63) is 0 Å². The van der Waals surface area contributed by atoms with Crippen molar-refractivity contribution in [3.8, 4) is 0 Å². The first kappa shape index (κ1) is 61.8. The fraction of sp³-hybridized carbons (Fsp3) is 0.931. The number of alkyl halides is 13. The topological polar surface area (TPSA) is 158 Å². The second kappa shape index (κ2) is 27.8. The molecule has 0 heterocycles. The fourth-order valence-corrected chi connectivity index (χ4v) is 7.20. The minimum absolute atomic E-state index is 0. The minimum Gasteiger partial charge on any atom is -0.549 e. The number of nitrogens with zero attached hydrogens (tertiary/aromatic N) is 2. The van der Waals surface area contributed by atoms with Crippen LogP contribution in [0.5, 0.6) is 0 Å². The van der Waals surface area contributed by atoms with Gasteiger partial charge >= 0.3 is 60.2 Å². The monoisotopic (exact) mass is 919 g/mol. The molecule has 332 valence electrons. The first-order valence-corrected chi connectivity index (χ1v) is 20.4. The Morgan fingerprint density at radius 2 is 1.09 bits per heavy atom.